The van der Waals surface area contributed by atoms with Crippen LogP contribution in [0.1, 0.15) is 18.1 Å². The molecule has 2 rings (SSSR count). The van der Waals surface area contributed by atoms with Gasteiger partial charge in [-0.2, -0.15) is 0 Å². The van der Waals surface area contributed by atoms with E-state index in [9.17, 15) is 4.91 Å². The lowest BCUT2D eigenvalue weighted by Crippen LogP contribution is -1.99. The molecule has 0 fully saturated rings. The lowest BCUT2D eigenvalue weighted by atomic mass is 10.1. The van der Waals surface area contributed by atoms with Gasteiger partial charge in [0.05, 0.1) is 10.5 Å². The van der Waals surface area contributed by atoms with Gasteiger partial charge in [-0.05, 0) is 6.07 Å². The van der Waals surface area contributed by atoms with Gasteiger partial charge in [-0.25, -0.2) is 4.84 Å². The van der Waals surface area contributed by atoms with Crippen LogP contribution in [0, 0.1) is 4.91 Å². The summed E-state index contributed by atoms with van der Waals surface area (Å²) in [6.07, 6.45) is 0.725. The normalized spacial score (nSPS) is 19.8. The fourth-order valence-electron chi connectivity index (χ4n) is 1.46. The van der Waals surface area contributed by atoms with Gasteiger partial charge in [0.15, 0.2) is 0 Å². The molecule has 0 spiro atoms. The van der Waals surface area contributed by atoms with Crippen molar-refractivity contribution in [3.8, 4) is 0 Å². The van der Waals surface area contributed by atoms with Crippen molar-refractivity contribution < 1.29 is 9.76 Å². The van der Waals surface area contributed by atoms with E-state index in [0.717, 1.165) is 17.3 Å². The molecule has 0 amide bonds. The highest BCUT2D eigenvalue weighted by molar-refractivity contribution is 9.09. The third kappa shape index (κ3) is 1.46. The molecule has 0 saturated carbocycles. The Morgan fingerprint density at radius 1 is 1.46 bits per heavy atom. The van der Waals surface area contributed by atoms with E-state index in [1.54, 1.807) is 6.07 Å². The van der Waals surface area contributed by atoms with Gasteiger partial charge in [0.2, 0.25) is 6.10 Å². The number of para-hydroxylation sites is 1. The average Bonchev–Trinajstić information content (AvgIpc) is 2.46. The Balaban J connectivity index is 2.36. The molecule has 68 valence electrons. The van der Waals surface area contributed by atoms with Gasteiger partial charge < -0.3 is 0 Å². The lowest BCUT2D eigenvalue weighted by Gasteiger charge is -1.99. The maximum Gasteiger partial charge on any atom is 0.323 e. The summed E-state index contributed by atoms with van der Waals surface area (Å²) in [7, 11) is 0. The summed E-state index contributed by atoms with van der Waals surface area (Å²) < 4.78 is 0. The molecule has 1 aliphatic rings. The van der Waals surface area contributed by atoms with Crippen LogP contribution in [0.15, 0.2) is 24.3 Å². The Labute approximate surface area is 84.4 Å². The highest BCUT2D eigenvalue weighted by atomic mass is 79.9. The fourth-order valence-corrected chi connectivity index (χ4v) is 1.88. The fraction of sp³-hybridized carbons (Fsp3) is 0.333. The van der Waals surface area contributed by atoms with E-state index < -0.39 is 0 Å². The SMILES string of the molecule is O=[N+]1OC(CCBr)c2ccccc21. The van der Waals surface area contributed by atoms with Gasteiger partial charge in [0.25, 0.3) is 4.92 Å². The predicted molar refractivity (Wildman–Crippen MR) is 52.0 cm³/mol. The van der Waals surface area contributed by atoms with Crippen LogP contribution in [0.25, 0.3) is 0 Å². The third-order valence-corrected chi connectivity index (χ3v) is 2.53. The van der Waals surface area contributed by atoms with E-state index in [1.165, 1.54) is 0 Å². The first-order chi connectivity index (χ1) is 6.33. The second kappa shape index (κ2) is 3.46. The molecule has 0 aliphatic carbocycles. The van der Waals surface area contributed by atoms with Crippen LogP contribution in [-0.4, -0.2) is 10.3 Å². The van der Waals surface area contributed by atoms with Crippen LogP contribution in [0.4, 0.5) is 5.69 Å². The molecule has 1 aliphatic heterocycles. The first kappa shape index (κ1) is 8.69. The molecule has 3 nitrogen and oxygen atoms in total. The van der Waals surface area contributed by atoms with Gasteiger partial charge in [0, 0.05) is 17.8 Å². The van der Waals surface area contributed by atoms with Crippen molar-refractivity contribution in [2.45, 2.75) is 12.5 Å². The third-order valence-electron chi connectivity index (χ3n) is 2.07. The monoisotopic (exact) mass is 242 g/mol. The Morgan fingerprint density at radius 3 is 3.00 bits per heavy atom. The molecular weight excluding hydrogens is 234 g/mol. The van der Waals surface area contributed by atoms with Gasteiger partial charge in [-0.1, -0.05) is 28.1 Å². The summed E-state index contributed by atoms with van der Waals surface area (Å²) in [5, 5.41) is 0.833. The molecule has 0 radical (unpaired) electrons. The number of hydrogen-bond donors (Lipinski definition) is 0. The van der Waals surface area contributed by atoms with Crippen LogP contribution in [-0.2, 0) is 4.84 Å². The van der Waals surface area contributed by atoms with Crippen LogP contribution in [0.3, 0.4) is 0 Å². The van der Waals surface area contributed by atoms with Crippen LogP contribution in [0.5, 0.6) is 0 Å². The van der Waals surface area contributed by atoms with Crippen molar-refractivity contribution in [1.29, 1.82) is 0 Å². The topological polar surface area (TPSA) is 29.3 Å². The van der Waals surface area contributed by atoms with Gasteiger partial charge in [0.1, 0.15) is 0 Å². The van der Waals surface area contributed by atoms with Gasteiger partial charge >= 0.3 is 5.69 Å². The quantitative estimate of drug-likeness (QED) is 0.747. The molecular formula is C9H9BrNO2+. The number of rotatable bonds is 2. The summed E-state index contributed by atoms with van der Waals surface area (Å²) in [5.41, 5.74) is 1.62. The first-order valence-electron chi connectivity index (χ1n) is 4.12. The van der Waals surface area contributed by atoms with Crippen molar-refractivity contribution in [2.75, 3.05) is 5.33 Å². The van der Waals surface area contributed by atoms with E-state index in [1.807, 2.05) is 18.2 Å². The zero-order valence-corrected chi connectivity index (χ0v) is 8.53. The Bertz CT molecular complexity index is 340. The summed E-state index contributed by atoms with van der Waals surface area (Å²) in [4.78, 5) is 16.9. The number of benzene rings is 1. The van der Waals surface area contributed by atoms with Crippen molar-refractivity contribution in [1.82, 2.24) is 0 Å². The Hall–Kier alpha value is -0.900. The van der Waals surface area contributed by atoms with Crippen LogP contribution in [0.2, 0.25) is 0 Å². The summed E-state index contributed by atoms with van der Waals surface area (Å²) in [5.74, 6) is 0. The van der Waals surface area contributed by atoms with Gasteiger partial charge in [-0.3, -0.25) is 0 Å². The van der Waals surface area contributed by atoms with Crippen molar-refractivity contribution in [3.63, 3.8) is 0 Å². The summed E-state index contributed by atoms with van der Waals surface area (Å²) in [6.45, 7) is 0. The van der Waals surface area contributed by atoms with E-state index in [2.05, 4.69) is 15.9 Å². The molecule has 1 aromatic carbocycles. The minimum absolute atomic E-state index is 0.0897. The molecule has 0 saturated heterocycles. The molecule has 1 heterocycles. The van der Waals surface area contributed by atoms with Crippen molar-refractivity contribution >= 4 is 21.6 Å². The second-order valence-corrected chi connectivity index (χ2v) is 3.68. The van der Waals surface area contributed by atoms with Crippen molar-refractivity contribution in [2.24, 2.45) is 0 Å². The smallest absolute Gasteiger partial charge is 0.218 e. The molecule has 1 unspecified atom stereocenters. The molecule has 4 heteroatoms. The average molecular weight is 243 g/mol. The number of nitrogens with zero attached hydrogens (tertiary/aromatic N) is 1. The molecule has 1 atom stereocenters. The number of hydrogen-bond acceptors (Lipinski definition) is 2. The van der Waals surface area contributed by atoms with Crippen LogP contribution >= 0.6 is 15.9 Å². The van der Waals surface area contributed by atoms with E-state index in [0.29, 0.717) is 10.6 Å². The minimum atomic E-state index is -0.0897. The predicted octanol–water partition coefficient (Wildman–Crippen LogP) is 2.87. The Kier molecular flexibility index (Phi) is 2.31. The maximum atomic E-state index is 11.2. The second-order valence-electron chi connectivity index (χ2n) is 2.89. The van der Waals surface area contributed by atoms with Gasteiger partial charge in [-0.15, -0.1) is 0 Å². The highest BCUT2D eigenvalue weighted by Gasteiger charge is 2.38. The van der Waals surface area contributed by atoms with Crippen molar-refractivity contribution in [3.05, 3.63) is 34.7 Å². The molecule has 0 N–H and O–H groups in total. The van der Waals surface area contributed by atoms with E-state index in [4.69, 9.17) is 4.84 Å². The van der Waals surface area contributed by atoms with E-state index >= 15 is 0 Å². The molecule has 0 bridgehead atoms. The zero-order chi connectivity index (χ0) is 9.26. The maximum absolute atomic E-state index is 11.2. The largest absolute Gasteiger partial charge is 0.323 e. The highest BCUT2D eigenvalue weighted by Crippen LogP contribution is 2.37. The molecule has 1 aromatic rings. The summed E-state index contributed by atoms with van der Waals surface area (Å²) in [6, 6.07) is 7.46. The zero-order valence-electron chi connectivity index (χ0n) is 6.94. The van der Waals surface area contributed by atoms with Crippen LogP contribution < -0.4 is 0 Å². The minimum Gasteiger partial charge on any atom is -0.218 e. The molecule has 13 heavy (non-hydrogen) atoms. The summed E-state index contributed by atoms with van der Waals surface area (Å²) >= 11 is 3.33. The first-order valence-corrected chi connectivity index (χ1v) is 5.24. The Morgan fingerprint density at radius 2 is 2.23 bits per heavy atom. The standard InChI is InChI=1S/C9H9BrNO2/c10-6-5-9-7-3-1-2-4-8(7)11(12)13-9/h1-4,9H,5-6H2/q+1. The van der Waals surface area contributed by atoms with E-state index in [-0.39, 0.29) is 6.10 Å². The number of halogens is 1. The number of alkyl halides is 1. The molecule has 0 aromatic heterocycles. The number of fused-ring (bicyclic) bond motifs is 1. The lowest BCUT2D eigenvalue weighted by molar-refractivity contribution is -0.745.